The standard InChI is InChI=1S/C12H7ClN2O4/c13-9-2-1-3-10(15(17)18)12(9)19-11-5-4-8(7-16)6-14-11/h1-7H. The summed E-state index contributed by atoms with van der Waals surface area (Å²) in [5.41, 5.74) is 0.120. The van der Waals surface area contributed by atoms with Gasteiger partial charge in [-0.05, 0) is 12.1 Å². The molecule has 19 heavy (non-hydrogen) atoms. The first-order chi connectivity index (χ1) is 9.11. The van der Waals surface area contributed by atoms with Gasteiger partial charge in [-0.2, -0.15) is 0 Å². The molecule has 0 spiro atoms. The number of nitro benzene ring substituents is 1. The largest absolute Gasteiger partial charge is 0.430 e. The van der Waals surface area contributed by atoms with Crippen LogP contribution in [-0.2, 0) is 0 Å². The highest BCUT2D eigenvalue weighted by molar-refractivity contribution is 6.32. The Morgan fingerprint density at radius 2 is 2.11 bits per heavy atom. The number of halogens is 1. The van der Waals surface area contributed by atoms with Gasteiger partial charge in [-0.3, -0.25) is 14.9 Å². The molecule has 96 valence electrons. The number of aromatic nitrogens is 1. The highest BCUT2D eigenvalue weighted by atomic mass is 35.5. The number of ether oxygens (including phenoxy) is 1. The summed E-state index contributed by atoms with van der Waals surface area (Å²) in [7, 11) is 0. The van der Waals surface area contributed by atoms with Crippen LogP contribution in [0.4, 0.5) is 5.69 Å². The highest BCUT2D eigenvalue weighted by Gasteiger charge is 2.19. The molecule has 0 bridgehead atoms. The van der Waals surface area contributed by atoms with E-state index in [0.29, 0.717) is 11.8 Å². The maximum atomic E-state index is 10.9. The van der Waals surface area contributed by atoms with Crippen LogP contribution in [0.5, 0.6) is 11.6 Å². The number of carbonyl (C=O) groups excluding carboxylic acids is 1. The molecule has 0 radical (unpaired) electrons. The third-order valence-corrected chi connectivity index (χ3v) is 2.54. The molecule has 0 fully saturated rings. The summed E-state index contributed by atoms with van der Waals surface area (Å²) in [6, 6.07) is 7.12. The predicted octanol–water partition coefficient (Wildman–Crippen LogP) is 3.25. The van der Waals surface area contributed by atoms with E-state index in [-0.39, 0.29) is 22.3 Å². The maximum Gasteiger partial charge on any atom is 0.313 e. The van der Waals surface area contributed by atoms with Gasteiger partial charge in [-0.25, -0.2) is 4.98 Å². The SMILES string of the molecule is O=Cc1ccc(Oc2c(Cl)cccc2[N+](=O)[O-])nc1. The smallest absolute Gasteiger partial charge is 0.313 e. The van der Waals surface area contributed by atoms with Crippen molar-refractivity contribution in [3.8, 4) is 11.6 Å². The Labute approximate surface area is 112 Å². The van der Waals surface area contributed by atoms with E-state index >= 15 is 0 Å². The lowest BCUT2D eigenvalue weighted by Crippen LogP contribution is -1.95. The summed E-state index contributed by atoms with van der Waals surface area (Å²) in [6.45, 7) is 0. The average Bonchev–Trinajstić information content (AvgIpc) is 2.41. The first kappa shape index (κ1) is 13.0. The van der Waals surface area contributed by atoms with Crippen molar-refractivity contribution in [3.63, 3.8) is 0 Å². The number of nitro groups is 1. The molecule has 0 aliphatic rings. The van der Waals surface area contributed by atoms with Crippen LogP contribution >= 0.6 is 11.6 Å². The topological polar surface area (TPSA) is 82.3 Å². The molecule has 0 saturated carbocycles. The van der Waals surface area contributed by atoms with Crippen molar-refractivity contribution >= 4 is 23.6 Å². The minimum Gasteiger partial charge on any atom is -0.430 e. The second-order valence-electron chi connectivity index (χ2n) is 3.49. The van der Waals surface area contributed by atoms with Gasteiger partial charge in [0, 0.05) is 23.9 Å². The van der Waals surface area contributed by atoms with Crippen molar-refractivity contribution in [3.05, 3.63) is 57.2 Å². The van der Waals surface area contributed by atoms with E-state index in [1.54, 1.807) is 0 Å². The van der Waals surface area contributed by atoms with Crippen molar-refractivity contribution < 1.29 is 14.5 Å². The lowest BCUT2D eigenvalue weighted by molar-refractivity contribution is -0.385. The zero-order valence-corrected chi connectivity index (χ0v) is 10.2. The monoisotopic (exact) mass is 278 g/mol. The quantitative estimate of drug-likeness (QED) is 0.487. The van der Waals surface area contributed by atoms with Crippen molar-refractivity contribution in [2.45, 2.75) is 0 Å². The molecule has 7 heteroatoms. The minimum absolute atomic E-state index is 0.0829. The van der Waals surface area contributed by atoms with Gasteiger partial charge in [0.2, 0.25) is 11.6 Å². The molecule has 6 nitrogen and oxygen atoms in total. The average molecular weight is 279 g/mol. The molecule has 2 rings (SSSR count). The van der Waals surface area contributed by atoms with Gasteiger partial charge in [0.25, 0.3) is 0 Å². The van der Waals surface area contributed by atoms with Gasteiger partial charge in [0.05, 0.1) is 9.95 Å². The molecule has 2 aromatic rings. The summed E-state index contributed by atoms with van der Waals surface area (Å²) in [4.78, 5) is 24.6. The van der Waals surface area contributed by atoms with Gasteiger partial charge < -0.3 is 4.74 Å². The first-order valence-electron chi connectivity index (χ1n) is 5.14. The Hall–Kier alpha value is -2.47. The van der Waals surface area contributed by atoms with Crippen LogP contribution in [0.2, 0.25) is 5.02 Å². The van der Waals surface area contributed by atoms with E-state index in [0.717, 1.165) is 0 Å². The van der Waals surface area contributed by atoms with E-state index in [1.165, 1.54) is 36.5 Å². The first-order valence-corrected chi connectivity index (χ1v) is 5.51. The van der Waals surface area contributed by atoms with Crippen molar-refractivity contribution in [2.24, 2.45) is 0 Å². The molecule has 1 aromatic heterocycles. The predicted molar refractivity (Wildman–Crippen MR) is 67.8 cm³/mol. The number of hydrogen-bond donors (Lipinski definition) is 0. The fourth-order valence-corrected chi connectivity index (χ4v) is 1.58. The lowest BCUT2D eigenvalue weighted by atomic mass is 10.3. The van der Waals surface area contributed by atoms with Gasteiger partial charge in [-0.15, -0.1) is 0 Å². The second kappa shape index (κ2) is 5.45. The molecule has 0 saturated heterocycles. The zero-order valence-electron chi connectivity index (χ0n) is 9.45. The Kier molecular flexibility index (Phi) is 3.72. The molecular formula is C12H7ClN2O4. The fraction of sp³-hybridized carbons (Fsp3) is 0. The van der Waals surface area contributed by atoms with Gasteiger partial charge >= 0.3 is 5.69 Å². The molecule has 0 aliphatic carbocycles. The van der Waals surface area contributed by atoms with E-state index < -0.39 is 4.92 Å². The molecule has 1 aromatic carbocycles. The fourth-order valence-electron chi connectivity index (χ4n) is 1.37. The summed E-state index contributed by atoms with van der Waals surface area (Å²) < 4.78 is 5.30. The third-order valence-electron chi connectivity index (χ3n) is 2.24. The lowest BCUT2D eigenvalue weighted by Gasteiger charge is -2.06. The third kappa shape index (κ3) is 2.86. The van der Waals surface area contributed by atoms with E-state index in [1.807, 2.05) is 0 Å². The summed E-state index contributed by atoms with van der Waals surface area (Å²) in [5.74, 6) is 0.0299. The van der Waals surface area contributed by atoms with E-state index in [9.17, 15) is 14.9 Å². The Morgan fingerprint density at radius 3 is 2.68 bits per heavy atom. The second-order valence-corrected chi connectivity index (χ2v) is 3.90. The maximum absolute atomic E-state index is 10.9. The van der Waals surface area contributed by atoms with Crippen LogP contribution in [0, 0.1) is 10.1 Å². The summed E-state index contributed by atoms with van der Waals surface area (Å²) >= 11 is 5.87. The van der Waals surface area contributed by atoms with Crippen molar-refractivity contribution in [2.75, 3.05) is 0 Å². The number of carbonyl (C=O) groups is 1. The Bertz CT molecular complexity index is 628. The van der Waals surface area contributed by atoms with Crippen LogP contribution in [0.15, 0.2) is 36.5 Å². The molecule has 0 unspecified atom stereocenters. The van der Waals surface area contributed by atoms with Crippen LogP contribution in [0.1, 0.15) is 10.4 Å². The Morgan fingerprint density at radius 1 is 1.32 bits per heavy atom. The van der Waals surface area contributed by atoms with Crippen LogP contribution in [-0.4, -0.2) is 16.2 Å². The molecule has 0 atom stereocenters. The number of rotatable bonds is 4. The van der Waals surface area contributed by atoms with Gasteiger partial charge in [-0.1, -0.05) is 17.7 Å². The number of nitrogens with zero attached hydrogens (tertiary/aromatic N) is 2. The van der Waals surface area contributed by atoms with Crippen LogP contribution in [0.3, 0.4) is 0 Å². The number of aldehydes is 1. The molecule has 1 heterocycles. The molecule has 0 N–H and O–H groups in total. The zero-order chi connectivity index (χ0) is 13.8. The van der Waals surface area contributed by atoms with Crippen LogP contribution in [0.25, 0.3) is 0 Å². The van der Waals surface area contributed by atoms with E-state index in [2.05, 4.69) is 4.98 Å². The number of hydrogen-bond acceptors (Lipinski definition) is 5. The number of benzene rings is 1. The Balaban J connectivity index is 2.36. The van der Waals surface area contributed by atoms with Crippen molar-refractivity contribution in [1.29, 1.82) is 0 Å². The summed E-state index contributed by atoms with van der Waals surface area (Å²) in [6.07, 6.45) is 1.93. The van der Waals surface area contributed by atoms with E-state index in [4.69, 9.17) is 16.3 Å². The highest BCUT2D eigenvalue weighted by Crippen LogP contribution is 2.37. The minimum atomic E-state index is -0.596. The molecular weight excluding hydrogens is 272 g/mol. The van der Waals surface area contributed by atoms with Gasteiger partial charge in [0.1, 0.15) is 0 Å². The number of para-hydroxylation sites is 1. The van der Waals surface area contributed by atoms with Crippen molar-refractivity contribution in [1.82, 2.24) is 4.98 Å². The van der Waals surface area contributed by atoms with Crippen LogP contribution < -0.4 is 4.74 Å². The normalized spacial score (nSPS) is 9.95. The molecule has 0 aliphatic heterocycles. The number of pyridine rings is 1. The molecule has 0 amide bonds. The van der Waals surface area contributed by atoms with Gasteiger partial charge in [0.15, 0.2) is 6.29 Å². The summed E-state index contributed by atoms with van der Waals surface area (Å²) in [5, 5.41) is 11.0.